The highest BCUT2D eigenvalue weighted by Crippen LogP contribution is 2.27. The van der Waals surface area contributed by atoms with Gasteiger partial charge in [-0.15, -0.1) is 11.3 Å². The lowest BCUT2D eigenvalue weighted by molar-refractivity contribution is 0.147. The average Bonchev–Trinajstić information content (AvgIpc) is 3.13. The number of imidazole rings is 1. The fraction of sp³-hybridized carbons (Fsp3) is 0.353. The molecular weight excluding hydrogens is 292 g/mol. The van der Waals surface area contributed by atoms with E-state index in [1.165, 1.54) is 11.3 Å². The summed E-state index contributed by atoms with van der Waals surface area (Å²) in [5, 5.41) is 2.12. The minimum absolute atomic E-state index is 0.968. The van der Waals surface area contributed by atoms with Gasteiger partial charge in [0.05, 0.1) is 11.4 Å². The highest BCUT2D eigenvalue weighted by atomic mass is 32.1. The first-order valence-electron chi connectivity index (χ1n) is 7.72. The van der Waals surface area contributed by atoms with Gasteiger partial charge in [-0.25, -0.2) is 4.98 Å². The van der Waals surface area contributed by atoms with E-state index in [9.17, 15) is 0 Å². The highest BCUT2D eigenvalue weighted by Gasteiger charge is 2.20. The predicted molar refractivity (Wildman–Crippen MR) is 91.3 cm³/mol. The van der Waals surface area contributed by atoms with E-state index in [1.54, 1.807) is 11.3 Å². The zero-order valence-corrected chi connectivity index (χ0v) is 13.6. The molecule has 1 fully saturated rings. The number of aromatic nitrogens is 2. The van der Waals surface area contributed by atoms with Gasteiger partial charge in [-0.3, -0.25) is 9.30 Å². The third kappa shape index (κ3) is 2.56. The minimum atomic E-state index is 0.968. The van der Waals surface area contributed by atoms with Gasteiger partial charge < -0.3 is 4.90 Å². The van der Waals surface area contributed by atoms with Crippen molar-refractivity contribution in [1.29, 1.82) is 0 Å². The van der Waals surface area contributed by atoms with E-state index in [2.05, 4.69) is 63.2 Å². The fourth-order valence-electron chi connectivity index (χ4n) is 3.03. The summed E-state index contributed by atoms with van der Waals surface area (Å²) in [6.07, 6.45) is 2.14. The van der Waals surface area contributed by atoms with Crippen LogP contribution in [0.5, 0.6) is 0 Å². The van der Waals surface area contributed by atoms with Gasteiger partial charge in [0.1, 0.15) is 0 Å². The number of piperazine rings is 1. The monoisotopic (exact) mass is 312 g/mol. The maximum Gasteiger partial charge on any atom is 0.194 e. The number of nitrogens with zero attached hydrogens (tertiary/aromatic N) is 4. The SMILES string of the molecule is CN1CCN(Cc2c(-c3ccccc3)nc3sccn23)CC1. The molecule has 1 aromatic carbocycles. The van der Waals surface area contributed by atoms with E-state index in [4.69, 9.17) is 4.98 Å². The molecule has 0 amide bonds. The molecule has 0 aliphatic carbocycles. The van der Waals surface area contributed by atoms with E-state index < -0.39 is 0 Å². The van der Waals surface area contributed by atoms with Crippen molar-refractivity contribution in [2.45, 2.75) is 6.54 Å². The van der Waals surface area contributed by atoms with Crippen LogP contribution in [0.1, 0.15) is 5.69 Å². The van der Waals surface area contributed by atoms with Gasteiger partial charge in [-0.2, -0.15) is 0 Å². The Morgan fingerprint density at radius 1 is 1.09 bits per heavy atom. The van der Waals surface area contributed by atoms with Gasteiger partial charge in [0.25, 0.3) is 0 Å². The number of likely N-dealkylation sites (N-methyl/N-ethyl adjacent to an activating group) is 1. The average molecular weight is 312 g/mol. The molecule has 114 valence electrons. The summed E-state index contributed by atoms with van der Waals surface area (Å²) < 4.78 is 2.26. The van der Waals surface area contributed by atoms with Crippen LogP contribution in [-0.2, 0) is 6.54 Å². The number of hydrogen-bond acceptors (Lipinski definition) is 4. The van der Waals surface area contributed by atoms with Crippen LogP contribution in [0.25, 0.3) is 16.2 Å². The second-order valence-electron chi connectivity index (χ2n) is 5.91. The molecule has 4 nitrogen and oxygen atoms in total. The lowest BCUT2D eigenvalue weighted by Gasteiger charge is -2.32. The minimum Gasteiger partial charge on any atom is -0.304 e. The Kier molecular flexibility index (Phi) is 3.70. The first-order chi connectivity index (χ1) is 10.8. The number of fused-ring (bicyclic) bond motifs is 1. The van der Waals surface area contributed by atoms with Crippen LogP contribution >= 0.6 is 11.3 Å². The van der Waals surface area contributed by atoms with Crippen molar-refractivity contribution < 1.29 is 0 Å². The van der Waals surface area contributed by atoms with Crippen molar-refractivity contribution in [3.8, 4) is 11.3 Å². The molecule has 22 heavy (non-hydrogen) atoms. The maximum atomic E-state index is 4.87. The van der Waals surface area contributed by atoms with Gasteiger partial charge in [-0.1, -0.05) is 30.3 Å². The highest BCUT2D eigenvalue weighted by molar-refractivity contribution is 7.15. The van der Waals surface area contributed by atoms with Gasteiger partial charge in [0.15, 0.2) is 4.96 Å². The van der Waals surface area contributed by atoms with Crippen molar-refractivity contribution >= 4 is 16.3 Å². The molecular formula is C17H20N4S. The molecule has 0 spiro atoms. The van der Waals surface area contributed by atoms with Crippen LogP contribution in [0, 0.1) is 0 Å². The molecule has 1 aliphatic rings. The third-order valence-corrected chi connectivity index (χ3v) is 5.13. The topological polar surface area (TPSA) is 23.8 Å². The van der Waals surface area contributed by atoms with Crippen molar-refractivity contribution in [1.82, 2.24) is 19.2 Å². The Hall–Kier alpha value is -1.69. The maximum absolute atomic E-state index is 4.87. The Bertz CT molecular complexity index is 753. The molecule has 0 saturated carbocycles. The molecule has 0 atom stereocenters. The zero-order valence-electron chi connectivity index (χ0n) is 12.8. The molecule has 0 radical (unpaired) electrons. The summed E-state index contributed by atoms with van der Waals surface area (Å²) in [4.78, 5) is 10.9. The molecule has 5 heteroatoms. The third-order valence-electron chi connectivity index (χ3n) is 4.38. The second-order valence-corrected chi connectivity index (χ2v) is 6.78. The zero-order chi connectivity index (χ0) is 14.9. The molecule has 2 aromatic heterocycles. The number of rotatable bonds is 3. The number of benzene rings is 1. The Labute approximate surface area is 134 Å². The normalized spacial score (nSPS) is 17.3. The van der Waals surface area contributed by atoms with Gasteiger partial charge in [-0.05, 0) is 7.05 Å². The second kappa shape index (κ2) is 5.83. The first kappa shape index (κ1) is 13.9. The van der Waals surface area contributed by atoms with Crippen molar-refractivity contribution in [3.63, 3.8) is 0 Å². The van der Waals surface area contributed by atoms with E-state index in [-0.39, 0.29) is 0 Å². The summed E-state index contributed by atoms with van der Waals surface area (Å²) in [6.45, 7) is 5.51. The smallest absolute Gasteiger partial charge is 0.194 e. The summed E-state index contributed by atoms with van der Waals surface area (Å²) in [7, 11) is 2.20. The standard InChI is InChI=1S/C17H20N4S/c1-19-7-9-20(10-8-19)13-15-16(14-5-3-2-4-6-14)18-17-21(15)11-12-22-17/h2-6,11-12H,7-10,13H2,1H3. The van der Waals surface area contributed by atoms with Crippen LogP contribution in [-0.4, -0.2) is 52.4 Å². The largest absolute Gasteiger partial charge is 0.304 e. The molecule has 0 unspecified atom stereocenters. The lowest BCUT2D eigenvalue weighted by atomic mass is 10.1. The van der Waals surface area contributed by atoms with E-state index in [1.807, 2.05) is 0 Å². The predicted octanol–water partition coefficient (Wildman–Crippen LogP) is 2.81. The molecule has 1 aliphatic heterocycles. The van der Waals surface area contributed by atoms with E-state index in [0.717, 1.165) is 43.4 Å². The summed E-state index contributed by atoms with van der Waals surface area (Å²) >= 11 is 1.70. The van der Waals surface area contributed by atoms with Crippen LogP contribution in [0.4, 0.5) is 0 Å². The van der Waals surface area contributed by atoms with Crippen LogP contribution < -0.4 is 0 Å². The molecule has 4 rings (SSSR count). The Balaban J connectivity index is 1.70. The van der Waals surface area contributed by atoms with E-state index >= 15 is 0 Å². The molecule has 1 saturated heterocycles. The lowest BCUT2D eigenvalue weighted by Crippen LogP contribution is -2.44. The molecule has 3 aromatic rings. The quantitative estimate of drug-likeness (QED) is 0.743. The molecule has 3 heterocycles. The molecule has 0 N–H and O–H groups in total. The summed E-state index contributed by atoms with van der Waals surface area (Å²) in [6, 6.07) is 10.5. The van der Waals surface area contributed by atoms with Gasteiger partial charge in [0.2, 0.25) is 0 Å². The fourth-order valence-corrected chi connectivity index (χ4v) is 3.76. The number of hydrogen-bond donors (Lipinski definition) is 0. The van der Waals surface area contributed by atoms with Gasteiger partial charge >= 0.3 is 0 Å². The van der Waals surface area contributed by atoms with Crippen LogP contribution in [0.2, 0.25) is 0 Å². The Morgan fingerprint density at radius 3 is 2.64 bits per heavy atom. The summed E-state index contributed by atoms with van der Waals surface area (Å²) in [5.41, 5.74) is 3.65. The van der Waals surface area contributed by atoms with Gasteiger partial charge in [0, 0.05) is 49.9 Å². The summed E-state index contributed by atoms with van der Waals surface area (Å²) in [5.74, 6) is 0. The van der Waals surface area contributed by atoms with Crippen LogP contribution in [0.15, 0.2) is 41.9 Å². The number of thiazole rings is 1. The van der Waals surface area contributed by atoms with E-state index in [0.29, 0.717) is 0 Å². The van der Waals surface area contributed by atoms with Crippen molar-refractivity contribution in [3.05, 3.63) is 47.6 Å². The van der Waals surface area contributed by atoms with Crippen LogP contribution in [0.3, 0.4) is 0 Å². The Morgan fingerprint density at radius 2 is 1.86 bits per heavy atom. The van der Waals surface area contributed by atoms with Crippen molar-refractivity contribution in [2.75, 3.05) is 33.2 Å². The first-order valence-corrected chi connectivity index (χ1v) is 8.60. The molecule has 0 bridgehead atoms. The van der Waals surface area contributed by atoms with Crippen molar-refractivity contribution in [2.24, 2.45) is 0 Å².